The maximum absolute atomic E-state index is 12.4. The summed E-state index contributed by atoms with van der Waals surface area (Å²) < 4.78 is 11.6. The number of carbonyl (C=O) groups is 1. The fourth-order valence-electron chi connectivity index (χ4n) is 3.48. The minimum Gasteiger partial charge on any atom is -0.508 e. The van der Waals surface area contributed by atoms with Gasteiger partial charge in [-0.15, -0.1) is 0 Å². The second-order valence-electron chi connectivity index (χ2n) is 7.27. The molecule has 1 aliphatic rings. The fraction of sp³-hybridized carbons (Fsp3) is 0.409. The molecule has 0 fully saturated rings. The quantitative estimate of drug-likeness (QED) is 0.313. The second-order valence-corrected chi connectivity index (χ2v) is 7.27. The summed E-state index contributed by atoms with van der Waals surface area (Å²) in [7, 11) is 0. The average Bonchev–Trinajstić information content (AvgIpc) is 2.67. The molecule has 0 aliphatic carbocycles. The average molecular weight is 402 g/mol. The molecule has 156 valence electrons. The molecule has 3 rings (SSSR count). The highest BCUT2D eigenvalue weighted by molar-refractivity contribution is 5.69. The van der Waals surface area contributed by atoms with Crippen LogP contribution in [0.5, 0.6) is 28.7 Å². The van der Waals surface area contributed by atoms with E-state index in [2.05, 4.69) is 6.92 Å². The number of benzene rings is 2. The summed E-state index contributed by atoms with van der Waals surface area (Å²) in [5.74, 6) is -0.972. The van der Waals surface area contributed by atoms with Gasteiger partial charge in [0.25, 0.3) is 0 Å². The van der Waals surface area contributed by atoms with Crippen LogP contribution >= 0.6 is 0 Å². The molecule has 1 aliphatic heterocycles. The molecule has 2 aromatic carbocycles. The number of ether oxygens (including phenoxy) is 2. The highest BCUT2D eigenvalue weighted by Crippen LogP contribution is 2.43. The van der Waals surface area contributed by atoms with Crippen LogP contribution in [-0.2, 0) is 16.0 Å². The summed E-state index contributed by atoms with van der Waals surface area (Å²) in [5, 5.41) is 39.4. The summed E-state index contributed by atoms with van der Waals surface area (Å²) >= 11 is 0. The first kappa shape index (κ1) is 20.6. The number of hydrogen-bond acceptors (Lipinski definition) is 7. The molecular formula is C22H26O7. The van der Waals surface area contributed by atoms with Crippen molar-refractivity contribution in [2.24, 2.45) is 0 Å². The predicted molar refractivity (Wildman–Crippen MR) is 105 cm³/mol. The Morgan fingerprint density at radius 1 is 1.03 bits per heavy atom. The third kappa shape index (κ3) is 4.85. The van der Waals surface area contributed by atoms with E-state index in [4.69, 9.17) is 9.47 Å². The molecule has 0 aromatic heterocycles. The topological polar surface area (TPSA) is 116 Å². The number of phenolic OH excluding ortho intramolecular Hbond substituents is 4. The number of aromatic hydroxyl groups is 4. The van der Waals surface area contributed by atoms with Gasteiger partial charge in [0.1, 0.15) is 23.4 Å². The minimum absolute atomic E-state index is 0.143. The van der Waals surface area contributed by atoms with Crippen molar-refractivity contribution in [2.45, 2.75) is 57.7 Å². The minimum atomic E-state index is -0.769. The Hall–Kier alpha value is -3.09. The van der Waals surface area contributed by atoms with E-state index in [1.54, 1.807) is 6.07 Å². The molecule has 7 heteroatoms. The Bertz CT molecular complexity index is 878. The molecule has 4 N–H and O–H groups in total. The summed E-state index contributed by atoms with van der Waals surface area (Å²) in [6.07, 6.45) is 2.79. The first-order valence-corrected chi connectivity index (χ1v) is 9.82. The van der Waals surface area contributed by atoms with E-state index in [0.29, 0.717) is 17.5 Å². The van der Waals surface area contributed by atoms with Gasteiger partial charge in [-0.05, 0) is 18.6 Å². The summed E-state index contributed by atoms with van der Waals surface area (Å²) in [6.45, 7) is 2.09. The lowest BCUT2D eigenvalue weighted by atomic mass is 9.93. The molecule has 0 unspecified atom stereocenters. The third-order valence-electron chi connectivity index (χ3n) is 5.01. The van der Waals surface area contributed by atoms with Crippen LogP contribution in [0.1, 0.15) is 56.3 Å². The second kappa shape index (κ2) is 8.94. The lowest BCUT2D eigenvalue weighted by molar-refractivity contribution is -0.155. The molecule has 0 spiro atoms. The zero-order valence-electron chi connectivity index (χ0n) is 16.3. The van der Waals surface area contributed by atoms with Crippen molar-refractivity contribution in [1.82, 2.24) is 0 Å². The standard InChI is InChI=1S/C22H26O7/c1-2-3-4-5-6-21(27)28-20-12-15-17(25)10-14(23)11-19(15)29-22(20)13-7-8-16(24)18(26)9-13/h7-11,20,22-26H,2-6,12H2,1H3/t20-,22+/m0/s1. The lowest BCUT2D eigenvalue weighted by Gasteiger charge is -2.34. The van der Waals surface area contributed by atoms with Crippen molar-refractivity contribution in [2.75, 3.05) is 0 Å². The molecule has 1 heterocycles. The Morgan fingerprint density at radius 3 is 2.55 bits per heavy atom. The largest absolute Gasteiger partial charge is 0.508 e. The third-order valence-corrected chi connectivity index (χ3v) is 5.01. The molecule has 2 atom stereocenters. The van der Waals surface area contributed by atoms with Gasteiger partial charge in [-0.3, -0.25) is 4.79 Å². The number of hydrogen-bond donors (Lipinski definition) is 4. The molecule has 0 saturated heterocycles. The summed E-state index contributed by atoms with van der Waals surface area (Å²) in [4.78, 5) is 12.4. The van der Waals surface area contributed by atoms with Crippen molar-refractivity contribution < 1.29 is 34.7 Å². The van der Waals surface area contributed by atoms with Gasteiger partial charge >= 0.3 is 5.97 Å². The van der Waals surface area contributed by atoms with E-state index in [1.165, 1.54) is 24.3 Å². The van der Waals surface area contributed by atoms with Crippen LogP contribution in [-0.4, -0.2) is 32.5 Å². The van der Waals surface area contributed by atoms with Gasteiger partial charge in [0.05, 0.1) is 0 Å². The van der Waals surface area contributed by atoms with E-state index in [9.17, 15) is 25.2 Å². The predicted octanol–water partition coefficient (Wildman–Crippen LogP) is 4.07. The van der Waals surface area contributed by atoms with E-state index < -0.39 is 12.2 Å². The Morgan fingerprint density at radius 2 is 1.83 bits per heavy atom. The van der Waals surface area contributed by atoms with Crippen molar-refractivity contribution in [3.05, 3.63) is 41.5 Å². The smallest absolute Gasteiger partial charge is 0.306 e. The molecule has 0 amide bonds. The maximum atomic E-state index is 12.4. The van der Waals surface area contributed by atoms with Crippen LogP contribution in [0.25, 0.3) is 0 Å². The number of esters is 1. The molecule has 2 aromatic rings. The Balaban J connectivity index is 1.85. The van der Waals surface area contributed by atoms with Gasteiger partial charge in [-0.1, -0.05) is 32.3 Å². The molecule has 0 radical (unpaired) electrons. The molecule has 0 saturated carbocycles. The monoisotopic (exact) mass is 402 g/mol. The van der Waals surface area contributed by atoms with Crippen molar-refractivity contribution in [3.8, 4) is 28.7 Å². The summed E-state index contributed by atoms with van der Waals surface area (Å²) in [5.41, 5.74) is 0.934. The molecule has 7 nitrogen and oxygen atoms in total. The number of unbranched alkanes of at least 4 members (excludes halogenated alkanes) is 3. The first-order valence-electron chi connectivity index (χ1n) is 9.82. The van der Waals surface area contributed by atoms with Crippen LogP contribution in [0.15, 0.2) is 30.3 Å². The Labute approximate surface area is 169 Å². The van der Waals surface area contributed by atoms with Crippen molar-refractivity contribution in [3.63, 3.8) is 0 Å². The SMILES string of the molecule is CCCCCCC(=O)O[C@H]1Cc2c(O)cc(O)cc2O[C@@H]1c1ccc(O)c(O)c1. The summed E-state index contributed by atoms with van der Waals surface area (Å²) in [6, 6.07) is 6.82. The van der Waals surface area contributed by atoms with Gasteiger partial charge in [-0.25, -0.2) is 0 Å². The highest BCUT2D eigenvalue weighted by atomic mass is 16.6. The van der Waals surface area contributed by atoms with E-state index in [0.717, 1.165) is 25.7 Å². The fourth-order valence-corrected chi connectivity index (χ4v) is 3.48. The van der Waals surface area contributed by atoms with Crippen LogP contribution in [0.4, 0.5) is 0 Å². The molecule has 29 heavy (non-hydrogen) atoms. The van der Waals surface area contributed by atoms with Crippen LogP contribution in [0.2, 0.25) is 0 Å². The number of fused-ring (bicyclic) bond motifs is 1. The van der Waals surface area contributed by atoms with E-state index in [-0.39, 0.29) is 41.1 Å². The van der Waals surface area contributed by atoms with Crippen LogP contribution in [0, 0.1) is 0 Å². The maximum Gasteiger partial charge on any atom is 0.306 e. The van der Waals surface area contributed by atoms with Crippen LogP contribution < -0.4 is 4.74 Å². The normalized spacial score (nSPS) is 18.0. The zero-order chi connectivity index (χ0) is 21.0. The number of carbonyl (C=O) groups excluding carboxylic acids is 1. The van der Waals surface area contributed by atoms with Gasteiger partial charge in [0, 0.05) is 36.1 Å². The Kier molecular flexibility index (Phi) is 6.36. The first-order chi connectivity index (χ1) is 13.9. The van der Waals surface area contributed by atoms with E-state index in [1.807, 2.05) is 0 Å². The number of phenols is 4. The van der Waals surface area contributed by atoms with Gasteiger partial charge < -0.3 is 29.9 Å². The van der Waals surface area contributed by atoms with Crippen molar-refractivity contribution in [1.29, 1.82) is 0 Å². The van der Waals surface area contributed by atoms with Crippen LogP contribution in [0.3, 0.4) is 0 Å². The molecular weight excluding hydrogens is 376 g/mol. The lowest BCUT2D eigenvalue weighted by Crippen LogP contribution is -2.34. The van der Waals surface area contributed by atoms with Gasteiger partial charge in [0.15, 0.2) is 17.6 Å². The molecule has 0 bridgehead atoms. The number of rotatable bonds is 7. The zero-order valence-corrected chi connectivity index (χ0v) is 16.3. The highest BCUT2D eigenvalue weighted by Gasteiger charge is 2.36. The van der Waals surface area contributed by atoms with E-state index >= 15 is 0 Å². The van der Waals surface area contributed by atoms with Crippen molar-refractivity contribution >= 4 is 5.97 Å². The van der Waals surface area contributed by atoms with Gasteiger partial charge in [-0.2, -0.15) is 0 Å². The van der Waals surface area contributed by atoms with Gasteiger partial charge in [0.2, 0.25) is 0 Å².